The van der Waals surface area contributed by atoms with Crippen molar-refractivity contribution in [2.75, 3.05) is 7.11 Å². The zero-order valence-electron chi connectivity index (χ0n) is 14.9. The number of benzene rings is 2. The van der Waals surface area contributed by atoms with Crippen LogP contribution in [0.4, 0.5) is 0 Å². The summed E-state index contributed by atoms with van der Waals surface area (Å²) >= 11 is 0. The number of hydrogen-bond donors (Lipinski definition) is 0. The van der Waals surface area contributed by atoms with Crippen molar-refractivity contribution in [3.63, 3.8) is 0 Å². The molecule has 0 N–H and O–H groups in total. The van der Waals surface area contributed by atoms with Gasteiger partial charge in [-0.3, -0.25) is 0 Å². The van der Waals surface area contributed by atoms with Gasteiger partial charge in [-0.15, -0.1) is 0 Å². The molecule has 0 spiro atoms. The van der Waals surface area contributed by atoms with Crippen molar-refractivity contribution < 1.29 is 14.3 Å². The predicted molar refractivity (Wildman–Crippen MR) is 98.7 cm³/mol. The molecular formula is C21H21NO3. The van der Waals surface area contributed by atoms with E-state index in [1.54, 1.807) is 25.3 Å². The standard InChI is InChI=1S/C21H21NO3/c1-21(2,3)16-9-5-14(6-10-16)13-18-20(23)25-19(22-18)15-7-11-17(24-4)12-8-15/h5-13H,1-4H3/b18-13+. The second-order valence-corrected chi connectivity index (χ2v) is 6.94. The largest absolute Gasteiger partial charge is 0.497 e. The zero-order valence-corrected chi connectivity index (χ0v) is 14.9. The molecule has 0 aromatic heterocycles. The van der Waals surface area contributed by atoms with E-state index in [1.807, 2.05) is 24.3 Å². The molecule has 0 amide bonds. The highest BCUT2D eigenvalue weighted by atomic mass is 16.6. The fraction of sp³-hybridized carbons (Fsp3) is 0.238. The van der Waals surface area contributed by atoms with Crippen LogP contribution in [0.1, 0.15) is 37.5 Å². The van der Waals surface area contributed by atoms with Gasteiger partial charge >= 0.3 is 5.97 Å². The molecule has 0 aliphatic carbocycles. The molecular weight excluding hydrogens is 314 g/mol. The molecule has 0 radical (unpaired) electrons. The van der Waals surface area contributed by atoms with Crippen molar-refractivity contribution >= 4 is 17.9 Å². The Bertz CT molecular complexity index is 838. The lowest BCUT2D eigenvalue weighted by Gasteiger charge is -2.18. The highest BCUT2D eigenvalue weighted by molar-refractivity contribution is 6.12. The van der Waals surface area contributed by atoms with E-state index in [2.05, 4.69) is 37.9 Å². The van der Waals surface area contributed by atoms with E-state index in [9.17, 15) is 4.79 Å². The molecule has 0 saturated heterocycles. The lowest BCUT2D eigenvalue weighted by Crippen LogP contribution is -2.10. The Kier molecular flexibility index (Phi) is 4.45. The summed E-state index contributed by atoms with van der Waals surface area (Å²) in [4.78, 5) is 16.4. The summed E-state index contributed by atoms with van der Waals surface area (Å²) in [6, 6.07) is 15.3. The van der Waals surface area contributed by atoms with Crippen molar-refractivity contribution in [3.05, 3.63) is 70.9 Å². The van der Waals surface area contributed by atoms with E-state index < -0.39 is 5.97 Å². The number of carbonyl (C=O) groups excluding carboxylic acids is 1. The number of aliphatic imine (C=N–C) groups is 1. The summed E-state index contributed by atoms with van der Waals surface area (Å²) in [5.41, 5.74) is 3.29. The molecule has 0 fully saturated rings. The Morgan fingerprint density at radius 3 is 2.20 bits per heavy atom. The number of cyclic esters (lactones) is 1. The van der Waals surface area contributed by atoms with E-state index in [0.29, 0.717) is 11.6 Å². The maximum atomic E-state index is 12.1. The predicted octanol–water partition coefficient (Wildman–Crippen LogP) is 4.34. The number of rotatable bonds is 3. The first-order valence-corrected chi connectivity index (χ1v) is 8.14. The topological polar surface area (TPSA) is 47.9 Å². The van der Waals surface area contributed by atoms with Crippen LogP contribution in [0.3, 0.4) is 0 Å². The molecule has 0 bridgehead atoms. The quantitative estimate of drug-likeness (QED) is 0.619. The van der Waals surface area contributed by atoms with Gasteiger partial charge in [0.05, 0.1) is 7.11 Å². The molecule has 2 aromatic carbocycles. The van der Waals surface area contributed by atoms with Crippen LogP contribution < -0.4 is 4.74 Å². The van der Waals surface area contributed by atoms with Crippen molar-refractivity contribution in [2.24, 2.45) is 4.99 Å². The Balaban J connectivity index is 1.85. The molecule has 25 heavy (non-hydrogen) atoms. The van der Waals surface area contributed by atoms with Gasteiger partial charge in [-0.25, -0.2) is 9.79 Å². The van der Waals surface area contributed by atoms with Gasteiger partial charge in [-0.05, 0) is 46.9 Å². The molecule has 0 atom stereocenters. The van der Waals surface area contributed by atoms with Crippen molar-refractivity contribution in [3.8, 4) is 5.75 Å². The second kappa shape index (κ2) is 6.55. The molecule has 2 aromatic rings. The molecule has 1 aliphatic rings. The molecule has 128 valence electrons. The van der Waals surface area contributed by atoms with E-state index in [4.69, 9.17) is 9.47 Å². The fourth-order valence-electron chi connectivity index (χ4n) is 2.50. The number of esters is 1. The van der Waals surface area contributed by atoms with Crippen LogP contribution >= 0.6 is 0 Å². The van der Waals surface area contributed by atoms with Gasteiger partial charge < -0.3 is 9.47 Å². The lowest BCUT2D eigenvalue weighted by atomic mass is 9.87. The first-order valence-electron chi connectivity index (χ1n) is 8.14. The van der Waals surface area contributed by atoms with E-state index in [1.165, 1.54) is 5.56 Å². The smallest absolute Gasteiger partial charge is 0.363 e. The second-order valence-electron chi connectivity index (χ2n) is 6.94. The summed E-state index contributed by atoms with van der Waals surface area (Å²) in [6.07, 6.45) is 1.74. The molecule has 4 heteroatoms. The molecule has 4 nitrogen and oxygen atoms in total. The van der Waals surface area contributed by atoms with Gasteiger partial charge in [0, 0.05) is 5.56 Å². The minimum Gasteiger partial charge on any atom is -0.497 e. The Labute approximate surface area is 147 Å². The maximum Gasteiger partial charge on any atom is 0.363 e. The number of hydrogen-bond acceptors (Lipinski definition) is 4. The SMILES string of the molecule is COc1ccc(C2=N/C(=C/c3ccc(C(C)(C)C)cc3)C(=O)O2)cc1. The Morgan fingerprint density at radius 2 is 1.64 bits per heavy atom. The molecule has 1 heterocycles. The van der Waals surface area contributed by atoms with E-state index in [0.717, 1.165) is 16.9 Å². The third-order valence-electron chi connectivity index (χ3n) is 4.04. The zero-order chi connectivity index (χ0) is 18.0. The van der Waals surface area contributed by atoms with Gasteiger partial charge in [-0.2, -0.15) is 0 Å². The van der Waals surface area contributed by atoms with Crippen LogP contribution in [0.15, 0.2) is 59.2 Å². The number of methoxy groups -OCH3 is 1. The van der Waals surface area contributed by atoms with Gasteiger partial charge in [0.1, 0.15) is 5.75 Å². The molecule has 0 unspecified atom stereocenters. The van der Waals surface area contributed by atoms with Crippen LogP contribution in [0.5, 0.6) is 5.75 Å². The van der Waals surface area contributed by atoms with Gasteiger partial charge in [0.2, 0.25) is 5.90 Å². The van der Waals surface area contributed by atoms with Gasteiger partial charge in [0.25, 0.3) is 0 Å². The molecule has 1 aliphatic heterocycles. The van der Waals surface area contributed by atoms with Crippen LogP contribution in [0.2, 0.25) is 0 Å². The number of carbonyl (C=O) groups is 1. The first kappa shape index (κ1) is 17.0. The fourth-order valence-corrected chi connectivity index (χ4v) is 2.50. The van der Waals surface area contributed by atoms with E-state index in [-0.39, 0.29) is 5.41 Å². The van der Waals surface area contributed by atoms with Crippen molar-refractivity contribution in [1.82, 2.24) is 0 Å². The maximum absolute atomic E-state index is 12.1. The van der Waals surface area contributed by atoms with Crippen molar-refractivity contribution in [1.29, 1.82) is 0 Å². The molecule has 3 rings (SSSR count). The Hall–Kier alpha value is -2.88. The number of nitrogens with zero attached hydrogens (tertiary/aromatic N) is 1. The van der Waals surface area contributed by atoms with Gasteiger partial charge in [-0.1, -0.05) is 45.0 Å². The van der Waals surface area contributed by atoms with Crippen LogP contribution in [-0.2, 0) is 14.9 Å². The van der Waals surface area contributed by atoms with Crippen LogP contribution in [0.25, 0.3) is 6.08 Å². The average molecular weight is 335 g/mol. The highest BCUT2D eigenvalue weighted by Gasteiger charge is 2.24. The minimum atomic E-state index is -0.439. The van der Waals surface area contributed by atoms with E-state index >= 15 is 0 Å². The highest BCUT2D eigenvalue weighted by Crippen LogP contribution is 2.24. The van der Waals surface area contributed by atoms with Crippen LogP contribution in [0, 0.1) is 0 Å². The average Bonchev–Trinajstić information content (AvgIpc) is 2.95. The Morgan fingerprint density at radius 1 is 1.00 bits per heavy atom. The summed E-state index contributed by atoms with van der Waals surface area (Å²) in [5.74, 6) is 0.610. The summed E-state index contributed by atoms with van der Waals surface area (Å²) in [6.45, 7) is 6.50. The van der Waals surface area contributed by atoms with Gasteiger partial charge in [0.15, 0.2) is 5.70 Å². The summed E-state index contributed by atoms with van der Waals surface area (Å²) < 4.78 is 10.4. The normalized spacial score (nSPS) is 15.9. The summed E-state index contributed by atoms with van der Waals surface area (Å²) in [7, 11) is 1.61. The monoisotopic (exact) mass is 335 g/mol. The lowest BCUT2D eigenvalue weighted by molar-refractivity contribution is -0.129. The third kappa shape index (κ3) is 3.79. The van der Waals surface area contributed by atoms with Crippen molar-refractivity contribution in [2.45, 2.75) is 26.2 Å². The minimum absolute atomic E-state index is 0.0949. The third-order valence-corrected chi connectivity index (χ3v) is 4.04. The number of ether oxygens (including phenoxy) is 2. The molecule has 0 saturated carbocycles. The first-order chi connectivity index (χ1) is 11.9. The van der Waals surface area contributed by atoms with Crippen LogP contribution in [-0.4, -0.2) is 19.0 Å². The summed E-state index contributed by atoms with van der Waals surface area (Å²) in [5, 5.41) is 0.